The molecule has 3 aliphatic carbocycles. The van der Waals surface area contributed by atoms with E-state index in [2.05, 4.69) is 19.9 Å². The number of allylic oxidation sites excluding steroid dienone is 3. The molecule has 0 aromatic heterocycles. The van der Waals surface area contributed by atoms with Crippen molar-refractivity contribution in [1.29, 1.82) is 0 Å². The van der Waals surface area contributed by atoms with E-state index in [0.717, 1.165) is 25.0 Å². The van der Waals surface area contributed by atoms with E-state index in [4.69, 9.17) is 0 Å². The molecule has 0 radical (unpaired) electrons. The van der Waals surface area contributed by atoms with E-state index < -0.39 is 12.2 Å². The second-order valence-corrected chi connectivity index (χ2v) is 9.36. The Kier molecular flexibility index (Phi) is 3.28. The van der Waals surface area contributed by atoms with Crippen LogP contribution in [0.15, 0.2) is 24.0 Å². The second-order valence-electron chi connectivity index (χ2n) is 8.23. The summed E-state index contributed by atoms with van der Waals surface area (Å²) in [5.41, 5.74) is -0.0650. The van der Waals surface area contributed by atoms with Gasteiger partial charge in [0.2, 0.25) is 0 Å². The van der Waals surface area contributed by atoms with Crippen molar-refractivity contribution in [1.82, 2.24) is 0 Å². The van der Waals surface area contributed by atoms with Crippen molar-refractivity contribution >= 4 is 11.8 Å². The van der Waals surface area contributed by atoms with E-state index in [0.29, 0.717) is 28.8 Å². The largest absolute Gasteiger partial charge is 0.508 e. The van der Waals surface area contributed by atoms with Crippen LogP contribution in [0.5, 0.6) is 0 Å². The summed E-state index contributed by atoms with van der Waals surface area (Å²) >= 11 is 1.98. The Balaban J connectivity index is 1.68. The SMILES string of the molecule is C[C@]12C=CC(O)=CC1CC[C@@H]1[C@H]2SC[C@]2(C)C(O)C(O)C[C@@H]12. The van der Waals surface area contributed by atoms with Gasteiger partial charge < -0.3 is 15.3 Å². The lowest BCUT2D eigenvalue weighted by atomic mass is 9.57. The van der Waals surface area contributed by atoms with Crippen molar-refractivity contribution in [2.24, 2.45) is 28.6 Å². The number of aliphatic hydroxyl groups excluding tert-OH is 3. The molecule has 1 heterocycles. The van der Waals surface area contributed by atoms with Gasteiger partial charge in [-0.2, -0.15) is 11.8 Å². The molecule has 3 N–H and O–H groups in total. The molecule has 3 unspecified atom stereocenters. The lowest BCUT2D eigenvalue weighted by Gasteiger charge is -2.57. The summed E-state index contributed by atoms with van der Waals surface area (Å²) < 4.78 is 0. The highest BCUT2D eigenvalue weighted by Crippen LogP contribution is 2.63. The van der Waals surface area contributed by atoms with Gasteiger partial charge in [0.15, 0.2) is 0 Å². The van der Waals surface area contributed by atoms with Crippen LogP contribution in [0.2, 0.25) is 0 Å². The number of aliphatic hydroxyl groups is 3. The highest BCUT2D eigenvalue weighted by atomic mass is 32.2. The molecular formula is C18H26O3S. The molecule has 0 spiro atoms. The van der Waals surface area contributed by atoms with Gasteiger partial charge in [-0.15, -0.1) is 0 Å². The minimum absolute atomic E-state index is 0.0830. The van der Waals surface area contributed by atoms with E-state index >= 15 is 0 Å². The van der Waals surface area contributed by atoms with Crippen LogP contribution < -0.4 is 0 Å². The van der Waals surface area contributed by atoms with Gasteiger partial charge in [0.25, 0.3) is 0 Å². The molecule has 3 nitrogen and oxygen atoms in total. The summed E-state index contributed by atoms with van der Waals surface area (Å²) in [5, 5.41) is 31.0. The van der Waals surface area contributed by atoms with Gasteiger partial charge in [-0.25, -0.2) is 0 Å². The van der Waals surface area contributed by atoms with Crippen LogP contribution in [0.25, 0.3) is 0 Å². The lowest BCUT2D eigenvalue weighted by molar-refractivity contribution is -0.0251. The molecule has 4 heteroatoms. The lowest BCUT2D eigenvalue weighted by Crippen LogP contribution is -2.54. The first-order chi connectivity index (χ1) is 10.4. The first-order valence-corrected chi connectivity index (χ1v) is 9.49. The first-order valence-electron chi connectivity index (χ1n) is 8.44. The van der Waals surface area contributed by atoms with Crippen LogP contribution in [0, 0.1) is 28.6 Å². The number of thioether (sulfide) groups is 1. The van der Waals surface area contributed by atoms with Gasteiger partial charge >= 0.3 is 0 Å². The molecule has 0 aromatic carbocycles. The molecule has 2 saturated carbocycles. The third kappa shape index (κ3) is 1.83. The van der Waals surface area contributed by atoms with E-state index in [-0.39, 0.29) is 10.8 Å². The number of fused-ring (bicyclic) bond motifs is 5. The van der Waals surface area contributed by atoms with E-state index in [1.807, 2.05) is 23.9 Å². The fraction of sp³-hybridized carbons (Fsp3) is 0.778. The summed E-state index contributed by atoms with van der Waals surface area (Å²) in [4.78, 5) is 0. The number of hydrogen-bond donors (Lipinski definition) is 3. The predicted octanol–water partition coefficient (Wildman–Crippen LogP) is 2.89. The van der Waals surface area contributed by atoms with Crippen molar-refractivity contribution in [3.05, 3.63) is 24.0 Å². The van der Waals surface area contributed by atoms with Gasteiger partial charge in [-0.3, -0.25) is 0 Å². The van der Waals surface area contributed by atoms with Gasteiger partial charge in [0, 0.05) is 21.8 Å². The zero-order valence-corrected chi connectivity index (χ0v) is 14.1. The third-order valence-corrected chi connectivity index (χ3v) is 9.08. The van der Waals surface area contributed by atoms with E-state index in [1.165, 1.54) is 0 Å². The van der Waals surface area contributed by atoms with Gasteiger partial charge in [-0.1, -0.05) is 19.9 Å². The zero-order valence-electron chi connectivity index (χ0n) is 13.3. The Bertz CT molecular complexity index is 544. The monoisotopic (exact) mass is 322 g/mol. The Morgan fingerprint density at radius 2 is 2.00 bits per heavy atom. The molecule has 4 aliphatic rings. The number of rotatable bonds is 0. The minimum atomic E-state index is -0.581. The summed E-state index contributed by atoms with van der Waals surface area (Å²) in [5.74, 6) is 2.69. The molecule has 3 fully saturated rings. The van der Waals surface area contributed by atoms with Crippen LogP contribution in [0.1, 0.15) is 33.1 Å². The van der Waals surface area contributed by atoms with Crippen LogP contribution in [0.3, 0.4) is 0 Å². The fourth-order valence-electron chi connectivity index (χ4n) is 5.67. The molecule has 8 atom stereocenters. The van der Waals surface area contributed by atoms with Crippen molar-refractivity contribution in [2.45, 2.75) is 50.6 Å². The van der Waals surface area contributed by atoms with E-state index in [9.17, 15) is 15.3 Å². The van der Waals surface area contributed by atoms with Gasteiger partial charge in [0.05, 0.1) is 12.2 Å². The van der Waals surface area contributed by atoms with Crippen LogP contribution in [-0.2, 0) is 0 Å². The third-order valence-electron chi connectivity index (χ3n) is 7.07. The molecule has 0 aromatic rings. The summed E-state index contributed by atoms with van der Waals surface area (Å²) in [7, 11) is 0. The quantitative estimate of drug-likeness (QED) is 0.642. The smallest absolute Gasteiger partial charge is 0.111 e. The average molecular weight is 322 g/mol. The molecule has 22 heavy (non-hydrogen) atoms. The fourth-order valence-corrected chi connectivity index (χ4v) is 7.78. The molecule has 1 aliphatic heterocycles. The van der Waals surface area contributed by atoms with Gasteiger partial charge in [0.1, 0.15) is 5.76 Å². The molecule has 122 valence electrons. The van der Waals surface area contributed by atoms with Crippen LogP contribution in [-0.4, -0.2) is 38.5 Å². The maximum Gasteiger partial charge on any atom is 0.111 e. The topological polar surface area (TPSA) is 60.7 Å². The van der Waals surface area contributed by atoms with Crippen molar-refractivity contribution in [2.75, 3.05) is 5.75 Å². The van der Waals surface area contributed by atoms with Crippen molar-refractivity contribution in [3.8, 4) is 0 Å². The van der Waals surface area contributed by atoms with Crippen molar-refractivity contribution < 1.29 is 15.3 Å². The summed E-state index contributed by atoms with van der Waals surface area (Å²) in [6.45, 7) is 4.49. The Labute approximate surface area is 136 Å². The van der Waals surface area contributed by atoms with Crippen molar-refractivity contribution in [3.63, 3.8) is 0 Å². The highest BCUT2D eigenvalue weighted by Gasteiger charge is 2.61. The molecule has 0 bridgehead atoms. The van der Waals surface area contributed by atoms with Gasteiger partial charge in [-0.05, 0) is 49.2 Å². The Morgan fingerprint density at radius 1 is 1.23 bits per heavy atom. The zero-order chi connectivity index (χ0) is 15.7. The normalized spacial score (nSPS) is 56.8. The Morgan fingerprint density at radius 3 is 2.77 bits per heavy atom. The predicted molar refractivity (Wildman–Crippen MR) is 88.6 cm³/mol. The standard InChI is InChI=1S/C18H26O3S/c1-17-6-5-11(19)7-10(17)3-4-12-13-8-14(20)15(21)18(13,2)9-22-16(12)17/h5-7,10,12-16,19-21H,3-4,8-9H2,1-2H3/t10?,12-,13-,14?,15?,16+,17-,18-/m0/s1. The van der Waals surface area contributed by atoms with Crippen LogP contribution in [0.4, 0.5) is 0 Å². The van der Waals surface area contributed by atoms with E-state index in [1.54, 1.807) is 0 Å². The Hall–Kier alpha value is -0.450. The average Bonchev–Trinajstić information content (AvgIpc) is 2.72. The molecule has 0 amide bonds. The molecule has 1 saturated heterocycles. The maximum absolute atomic E-state index is 10.5. The maximum atomic E-state index is 10.5. The summed E-state index contributed by atoms with van der Waals surface area (Å²) in [6.07, 6.45) is 7.91. The highest BCUT2D eigenvalue weighted by molar-refractivity contribution is 8.00. The number of hydrogen-bond acceptors (Lipinski definition) is 4. The minimum Gasteiger partial charge on any atom is -0.508 e. The summed E-state index contributed by atoms with van der Waals surface area (Å²) in [6, 6.07) is 0. The van der Waals surface area contributed by atoms with Crippen LogP contribution >= 0.6 is 11.8 Å². The molecule has 4 rings (SSSR count). The molecular weight excluding hydrogens is 296 g/mol. The first kappa shape index (κ1) is 15.1. The second kappa shape index (κ2) is 4.78.